The number of carbonyl (C=O) groups excluding carboxylic acids is 1. The molecular formula is C14H13F4NO3. The van der Waals surface area contributed by atoms with E-state index in [2.05, 4.69) is 0 Å². The summed E-state index contributed by atoms with van der Waals surface area (Å²) in [6.45, 7) is 1.46. The fraction of sp³-hybridized carbons (Fsp3) is 0.429. The van der Waals surface area contributed by atoms with Crippen LogP contribution in [0.3, 0.4) is 0 Å². The summed E-state index contributed by atoms with van der Waals surface area (Å²) in [5.41, 5.74) is -1.34. The summed E-state index contributed by atoms with van der Waals surface area (Å²) < 4.78 is 53.7. The maximum absolute atomic E-state index is 13.7. The lowest BCUT2D eigenvalue weighted by molar-refractivity contribution is -0.143. The van der Waals surface area contributed by atoms with E-state index in [1.807, 2.05) is 0 Å². The van der Waals surface area contributed by atoms with Gasteiger partial charge in [-0.25, -0.2) is 17.6 Å². The zero-order valence-electron chi connectivity index (χ0n) is 11.6. The summed E-state index contributed by atoms with van der Waals surface area (Å²) in [6, 6.07) is 0.0142. The minimum Gasteiger partial charge on any atom is -0.481 e. The minimum atomic E-state index is -1.78. The third-order valence-electron chi connectivity index (χ3n) is 3.62. The molecule has 1 aromatic rings. The van der Waals surface area contributed by atoms with Crippen molar-refractivity contribution in [3.63, 3.8) is 0 Å². The Hall–Kier alpha value is -2.12. The number of carboxylic acids is 1. The van der Waals surface area contributed by atoms with Crippen molar-refractivity contribution in [2.24, 2.45) is 11.8 Å². The summed E-state index contributed by atoms with van der Waals surface area (Å²) in [7, 11) is 0. The summed E-state index contributed by atoms with van der Waals surface area (Å²) in [5, 5.41) is 9.02. The summed E-state index contributed by atoms with van der Waals surface area (Å²) >= 11 is 0. The number of likely N-dealkylation sites (tertiary alicyclic amines) is 1. The molecule has 1 N–H and O–H groups in total. The van der Waals surface area contributed by atoms with Crippen LogP contribution in [-0.4, -0.2) is 35.0 Å². The number of halogens is 4. The Morgan fingerprint density at radius 3 is 2.18 bits per heavy atom. The van der Waals surface area contributed by atoms with Gasteiger partial charge in [-0.3, -0.25) is 9.59 Å². The second-order valence-corrected chi connectivity index (χ2v) is 5.43. The van der Waals surface area contributed by atoms with E-state index in [4.69, 9.17) is 5.11 Å². The number of hydrogen-bond acceptors (Lipinski definition) is 2. The molecule has 120 valence electrons. The standard InChI is InChI=1S/C14H13F4NO3/c1-6-2-7(14(21)22)5-19(4-6)13(20)10-11(17)8(15)3-9(16)12(10)18/h3,6-7H,2,4-5H2,1H3,(H,21,22). The van der Waals surface area contributed by atoms with Crippen LogP contribution >= 0.6 is 0 Å². The molecule has 22 heavy (non-hydrogen) atoms. The second-order valence-electron chi connectivity index (χ2n) is 5.43. The van der Waals surface area contributed by atoms with Crippen LogP contribution < -0.4 is 0 Å². The molecule has 1 heterocycles. The van der Waals surface area contributed by atoms with Crippen molar-refractivity contribution in [2.45, 2.75) is 13.3 Å². The zero-order valence-corrected chi connectivity index (χ0v) is 11.6. The smallest absolute Gasteiger partial charge is 0.308 e. The Kier molecular flexibility index (Phi) is 4.39. The van der Waals surface area contributed by atoms with Crippen molar-refractivity contribution in [1.29, 1.82) is 0 Å². The van der Waals surface area contributed by atoms with Crippen LogP contribution in [0.5, 0.6) is 0 Å². The van der Waals surface area contributed by atoms with Gasteiger partial charge >= 0.3 is 5.97 Å². The fourth-order valence-electron chi connectivity index (χ4n) is 2.62. The van der Waals surface area contributed by atoms with E-state index in [-0.39, 0.29) is 25.1 Å². The highest BCUT2D eigenvalue weighted by atomic mass is 19.2. The number of amides is 1. The quantitative estimate of drug-likeness (QED) is 0.673. The molecule has 1 aliphatic rings. The Bertz CT molecular complexity index is 609. The molecule has 1 fully saturated rings. The zero-order chi connectivity index (χ0) is 16.6. The average molecular weight is 319 g/mol. The Morgan fingerprint density at radius 1 is 1.14 bits per heavy atom. The van der Waals surface area contributed by atoms with Crippen molar-refractivity contribution < 1.29 is 32.3 Å². The molecule has 0 saturated carbocycles. The molecule has 1 aliphatic heterocycles. The summed E-state index contributed by atoms with van der Waals surface area (Å²) in [5.74, 6) is -10.4. The lowest BCUT2D eigenvalue weighted by atomic mass is 9.90. The van der Waals surface area contributed by atoms with Gasteiger partial charge in [0.05, 0.1) is 5.92 Å². The molecule has 1 aromatic carbocycles. The summed E-state index contributed by atoms with van der Waals surface area (Å²) in [4.78, 5) is 24.1. The Morgan fingerprint density at radius 2 is 1.68 bits per heavy atom. The number of aliphatic carboxylic acids is 1. The van der Waals surface area contributed by atoms with Crippen LogP contribution in [-0.2, 0) is 4.79 Å². The van der Waals surface area contributed by atoms with Crippen molar-refractivity contribution in [2.75, 3.05) is 13.1 Å². The molecular weight excluding hydrogens is 306 g/mol. The van der Waals surface area contributed by atoms with E-state index in [1.165, 1.54) is 0 Å². The van der Waals surface area contributed by atoms with Gasteiger partial charge in [0, 0.05) is 19.2 Å². The Labute approximate surface area is 123 Å². The molecule has 0 radical (unpaired) electrons. The molecule has 2 rings (SSSR count). The highest BCUT2D eigenvalue weighted by Gasteiger charge is 2.35. The van der Waals surface area contributed by atoms with Gasteiger partial charge in [-0.05, 0) is 12.3 Å². The lowest BCUT2D eigenvalue weighted by Crippen LogP contribution is -2.46. The number of rotatable bonds is 2. The van der Waals surface area contributed by atoms with Crippen molar-refractivity contribution in [3.05, 3.63) is 34.9 Å². The number of hydrogen-bond donors (Lipinski definition) is 1. The van der Waals surface area contributed by atoms with E-state index >= 15 is 0 Å². The van der Waals surface area contributed by atoms with E-state index in [0.717, 1.165) is 4.90 Å². The van der Waals surface area contributed by atoms with E-state index in [0.29, 0.717) is 6.42 Å². The van der Waals surface area contributed by atoms with Crippen LogP contribution in [0.4, 0.5) is 17.6 Å². The van der Waals surface area contributed by atoms with Crippen molar-refractivity contribution in [1.82, 2.24) is 4.90 Å². The van der Waals surface area contributed by atoms with Gasteiger partial charge in [0.15, 0.2) is 23.3 Å². The van der Waals surface area contributed by atoms with Crippen LogP contribution in [0.1, 0.15) is 23.7 Å². The maximum atomic E-state index is 13.7. The molecule has 8 heteroatoms. The first-order chi connectivity index (χ1) is 10.2. The van der Waals surface area contributed by atoms with Gasteiger partial charge in [0.25, 0.3) is 5.91 Å². The molecule has 1 amide bonds. The SMILES string of the molecule is CC1CC(C(=O)O)CN(C(=O)c2c(F)c(F)cc(F)c2F)C1. The molecule has 1 saturated heterocycles. The lowest BCUT2D eigenvalue weighted by Gasteiger charge is -2.34. The second kappa shape index (κ2) is 5.94. The summed E-state index contributed by atoms with van der Waals surface area (Å²) in [6.07, 6.45) is 0.307. The normalized spacial score (nSPS) is 21.8. The predicted octanol–water partition coefficient (Wildman–Crippen LogP) is 2.43. The van der Waals surface area contributed by atoms with E-state index in [9.17, 15) is 27.2 Å². The number of carboxylic acid groups (broad SMARTS) is 1. The highest BCUT2D eigenvalue weighted by Crippen LogP contribution is 2.26. The predicted molar refractivity (Wildman–Crippen MR) is 67.1 cm³/mol. The van der Waals surface area contributed by atoms with Gasteiger partial charge in [0.2, 0.25) is 0 Å². The van der Waals surface area contributed by atoms with E-state index in [1.54, 1.807) is 6.92 Å². The number of benzene rings is 1. The van der Waals surface area contributed by atoms with Crippen LogP contribution in [0.15, 0.2) is 6.07 Å². The van der Waals surface area contributed by atoms with E-state index < -0.39 is 46.6 Å². The van der Waals surface area contributed by atoms with Gasteiger partial charge in [0.1, 0.15) is 5.56 Å². The maximum Gasteiger partial charge on any atom is 0.308 e. The molecule has 2 unspecified atom stereocenters. The number of nitrogens with zero attached hydrogens (tertiary/aromatic N) is 1. The molecule has 0 bridgehead atoms. The van der Waals surface area contributed by atoms with Crippen LogP contribution in [0.2, 0.25) is 0 Å². The topological polar surface area (TPSA) is 57.6 Å². The number of carbonyl (C=O) groups is 2. The van der Waals surface area contributed by atoms with Crippen LogP contribution in [0, 0.1) is 35.1 Å². The molecule has 0 aliphatic carbocycles. The number of piperidine rings is 1. The van der Waals surface area contributed by atoms with Gasteiger partial charge < -0.3 is 10.0 Å². The molecule has 2 atom stereocenters. The van der Waals surface area contributed by atoms with Crippen molar-refractivity contribution >= 4 is 11.9 Å². The van der Waals surface area contributed by atoms with Crippen LogP contribution in [0.25, 0.3) is 0 Å². The highest BCUT2D eigenvalue weighted by molar-refractivity contribution is 5.95. The third kappa shape index (κ3) is 2.90. The van der Waals surface area contributed by atoms with Gasteiger partial charge in [-0.2, -0.15) is 0 Å². The van der Waals surface area contributed by atoms with Crippen molar-refractivity contribution in [3.8, 4) is 0 Å². The average Bonchev–Trinajstić information content (AvgIpc) is 2.44. The first kappa shape index (κ1) is 16.3. The minimum absolute atomic E-state index is 0.0142. The first-order valence-electron chi connectivity index (χ1n) is 6.57. The molecule has 0 aromatic heterocycles. The third-order valence-corrected chi connectivity index (χ3v) is 3.62. The fourth-order valence-corrected chi connectivity index (χ4v) is 2.62. The molecule has 4 nitrogen and oxygen atoms in total. The first-order valence-corrected chi connectivity index (χ1v) is 6.57. The molecule has 0 spiro atoms. The largest absolute Gasteiger partial charge is 0.481 e. The monoisotopic (exact) mass is 319 g/mol. The van der Waals surface area contributed by atoms with Gasteiger partial charge in [-0.1, -0.05) is 6.92 Å². The van der Waals surface area contributed by atoms with Gasteiger partial charge in [-0.15, -0.1) is 0 Å². The Balaban J connectivity index is 2.38.